The van der Waals surface area contributed by atoms with E-state index in [1.54, 1.807) is 0 Å². The van der Waals surface area contributed by atoms with E-state index < -0.39 is 0 Å². The molecule has 3 nitrogen and oxygen atoms in total. The van der Waals surface area contributed by atoms with E-state index in [0.29, 0.717) is 12.4 Å². The number of rotatable bonds is 4. The zero-order valence-electron chi connectivity index (χ0n) is 10.4. The third kappa shape index (κ3) is 2.38. The van der Waals surface area contributed by atoms with Crippen molar-refractivity contribution in [2.45, 2.75) is 13.8 Å². The van der Waals surface area contributed by atoms with Crippen LogP contribution in [0, 0.1) is 0 Å². The Bertz CT molecular complexity index is 601. The van der Waals surface area contributed by atoms with Gasteiger partial charge in [0, 0.05) is 17.0 Å². The van der Waals surface area contributed by atoms with Gasteiger partial charge in [-0.1, -0.05) is 24.8 Å². The maximum Gasteiger partial charge on any atom is 0.221 e. The highest BCUT2D eigenvalue weighted by Gasteiger charge is 2.16. The van der Waals surface area contributed by atoms with E-state index >= 15 is 0 Å². The van der Waals surface area contributed by atoms with E-state index in [1.807, 2.05) is 31.2 Å². The van der Waals surface area contributed by atoms with E-state index in [9.17, 15) is 4.79 Å². The van der Waals surface area contributed by atoms with Crippen LogP contribution in [0.3, 0.4) is 0 Å². The highest BCUT2D eigenvalue weighted by Crippen LogP contribution is 2.39. The van der Waals surface area contributed by atoms with Crippen molar-refractivity contribution in [3.8, 4) is 0 Å². The fraction of sp³-hybridized carbons (Fsp3) is 0.214. The van der Waals surface area contributed by atoms with E-state index in [-0.39, 0.29) is 5.91 Å². The van der Waals surface area contributed by atoms with Crippen LogP contribution < -0.4 is 5.32 Å². The smallest absolute Gasteiger partial charge is 0.221 e. The van der Waals surface area contributed by atoms with Crippen LogP contribution in [0.15, 0.2) is 30.8 Å². The van der Waals surface area contributed by atoms with Gasteiger partial charge in [0.2, 0.25) is 5.91 Å². The van der Waals surface area contributed by atoms with Crippen molar-refractivity contribution in [1.82, 2.24) is 0 Å². The summed E-state index contributed by atoms with van der Waals surface area (Å²) in [7, 11) is 0. The molecule has 0 unspecified atom stereocenters. The summed E-state index contributed by atoms with van der Waals surface area (Å²) in [6.45, 7) is 7.91. The number of fused-ring (bicyclic) bond motifs is 1. The van der Waals surface area contributed by atoms with E-state index in [0.717, 1.165) is 20.7 Å². The van der Waals surface area contributed by atoms with Gasteiger partial charge in [-0.25, -0.2) is 0 Å². The maximum atomic E-state index is 11.2. The lowest BCUT2D eigenvalue weighted by molar-refractivity contribution is -0.114. The van der Waals surface area contributed by atoms with Gasteiger partial charge < -0.3 is 10.1 Å². The Morgan fingerprint density at radius 3 is 2.83 bits per heavy atom. The highest BCUT2D eigenvalue weighted by molar-refractivity contribution is 7.23. The highest BCUT2D eigenvalue weighted by atomic mass is 32.1. The third-order valence-electron chi connectivity index (χ3n) is 2.48. The average molecular weight is 261 g/mol. The molecule has 1 aromatic carbocycles. The fourth-order valence-corrected chi connectivity index (χ4v) is 2.98. The maximum absolute atomic E-state index is 11.2. The second-order valence-corrected chi connectivity index (χ2v) is 4.89. The summed E-state index contributed by atoms with van der Waals surface area (Å²) < 4.78 is 6.59. The summed E-state index contributed by atoms with van der Waals surface area (Å²) >= 11 is 1.53. The van der Waals surface area contributed by atoms with Crippen LogP contribution in [0.25, 0.3) is 15.8 Å². The molecule has 2 rings (SSSR count). The zero-order valence-corrected chi connectivity index (χ0v) is 11.3. The Kier molecular flexibility index (Phi) is 3.67. The molecule has 0 fully saturated rings. The van der Waals surface area contributed by atoms with E-state index in [4.69, 9.17) is 4.74 Å². The van der Waals surface area contributed by atoms with Gasteiger partial charge in [0.05, 0.1) is 12.2 Å². The van der Waals surface area contributed by atoms with Crippen LogP contribution in [0.4, 0.5) is 5.00 Å². The summed E-state index contributed by atoms with van der Waals surface area (Å²) in [6, 6.07) is 7.98. The number of amides is 1. The number of carbonyl (C=O) groups excluding carboxylic acids is 1. The molecule has 0 saturated heterocycles. The molecule has 94 valence electrons. The Morgan fingerprint density at radius 1 is 1.44 bits per heavy atom. The zero-order chi connectivity index (χ0) is 13.1. The summed E-state index contributed by atoms with van der Waals surface area (Å²) in [5.74, 6) is 0.505. The Labute approximate surface area is 110 Å². The first kappa shape index (κ1) is 12.6. The molecule has 0 spiro atoms. The van der Waals surface area contributed by atoms with Crippen molar-refractivity contribution in [2.24, 2.45) is 0 Å². The number of hydrogen-bond donors (Lipinski definition) is 1. The van der Waals surface area contributed by atoms with Crippen molar-refractivity contribution in [3.63, 3.8) is 0 Å². The molecule has 2 aromatic rings. The molecule has 0 aliphatic carbocycles. The SMILES string of the molecule is C=C(OCC)c1c(NC(C)=O)sc2ccccc12. The Hall–Kier alpha value is -1.81. The molecule has 4 heteroatoms. The first-order chi connectivity index (χ1) is 8.63. The molecule has 1 aromatic heterocycles. The molecular weight excluding hydrogens is 246 g/mol. The van der Waals surface area contributed by atoms with Crippen molar-refractivity contribution in [1.29, 1.82) is 0 Å². The van der Waals surface area contributed by atoms with Crippen molar-refractivity contribution < 1.29 is 9.53 Å². The van der Waals surface area contributed by atoms with Crippen LogP contribution in [-0.2, 0) is 9.53 Å². The standard InChI is InChI=1S/C14H15NO2S/c1-4-17-9(2)13-11-7-5-6-8-12(11)18-14(13)15-10(3)16/h5-8H,2,4H2,1,3H3,(H,15,16). The minimum atomic E-state index is -0.0906. The summed E-state index contributed by atoms with van der Waals surface area (Å²) in [6.07, 6.45) is 0. The number of thiophene rings is 1. The summed E-state index contributed by atoms with van der Waals surface area (Å²) in [4.78, 5) is 11.2. The summed E-state index contributed by atoms with van der Waals surface area (Å²) in [5, 5.41) is 4.69. The quantitative estimate of drug-likeness (QED) is 0.848. The van der Waals surface area contributed by atoms with Crippen LogP contribution in [0.2, 0.25) is 0 Å². The average Bonchev–Trinajstić information content (AvgIpc) is 2.66. The van der Waals surface area contributed by atoms with Gasteiger partial charge in [-0.15, -0.1) is 11.3 Å². The second-order valence-electron chi connectivity index (χ2n) is 3.84. The molecule has 0 aliphatic rings. The molecule has 0 radical (unpaired) electrons. The van der Waals surface area contributed by atoms with Crippen molar-refractivity contribution >= 4 is 38.1 Å². The molecule has 0 atom stereocenters. The molecule has 18 heavy (non-hydrogen) atoms. The van der Waals surface area contributed by atoms with E-state index in [1.165, 1.54) is 18.3 Å². The number of hydrogen-bond acceptors (Lipinski definition) is 3. The number of benzene rings is 1. The van der Waals surface area contributed by atoms with Gasteiger partial charge in [-0.2, -0.15) is 0 Å². The van der Waals surface area contributed by atoms with Gasteiger partial charge in [0.15, 0.2) is 0 Å². The molecule has 0 saturated carbocycles. The third-order valence-corrected chi connectivity index (χ3v) is 3.57. The summed E-state index contributed by atoms with van der Waals surface area (Å²) in [5.41, 5.74) is 0.882. The molecule has 0 bridgehead atoms. The molecule has 0 aliphatic heterocycles. The normalized spacial score (nSPS) is 10.3. The van der Waals surface area contributed by atoms with Crippen LogP contribution in [0.5, 0.6) is 0 Å². The largest absolute Gasteiger partial charge is 0.494 e. The number of carbonyl (C=O) groups is 1. The van der Waals surface area contributed by atoms with Gasteiger partial charge in [-0.3, -0.25) is 4.79 Å². The second kappa shape index (κ2) is 5.23. The first-order valence-electron chi connectivity index (χ1n) is 5.74. The molecule has 1 amide bonds. The molecular formula is C14H15NO2S. The van der Waals surface area contributed by atoms with Crippen molar-refractivity contribution in [2.75, 3.05) is 11.9 Å². The number of nitrogens with one attached hydrogen (secondary N) is 1. The Balaban J connectivity index is 2.57. The van der Waals surface area contributed by atoms with Gasteiger partial charge in [0.25, 0.3) is 0 Å². The number of anilines is 1. The monoisotopic (exact) mass is 261 g/mol. The fourth-order valence-electron chi connectivity index (χ4n) is 1.82. The number of ether oxygens (including phenoxy) is 1. The van der Waals surface area contributed by atoms with Gasteiger partial charge in [-0.05, 0) is 13.0 Å². The van der Waals surface area contributed by atoms with Crippen molar-refractivity contribution in [3.05, 3.63) is 36.4 Å². The minimum absolute atomic E-state index is 0.0906. The lowest BCUT2D eigenvalue weighted by Gasteiger charge is -2.09. The van der Waals surface area contributed by atoms with Crippen LogP contribution in [0.1, 0.15) is 19.4 Å². The van der Waals surface area contributed by atoms with E-state index in [2.05, 4.69) is 11.9 Å². The lowest BCUT2D eigenvalue weighted by atomic mass is 10.1. The van der Waals surface area contributed by atoms with Crippen LogP contribution in [-0.4, -0.2) is 12.5 Å². The minimum Gasteiger partial charge on any atom is -0.494 e. The molecule has 1 heterocycles. The van der Waals surface area contributed by atoms with Gasteiger partial charge >= 0.3 is 0 Å². The first-order valence-corrected chi connectivity index (χ1v) is 6.56. The Morgan fingerprint density at radius 2 is 2.17 bits per heavy atom. The van der Waals surface area contributed by atoms with Gasteiger partial charge in [0.1, 0.15) is 10.8 Å². The van der Waals surface area contributed by atoms with Crippen LogP contribution >= 0.6 is 11.3 Å². The predicted molar refractivity (Wildman–Crippen MR) is 76.8 cm³/mol. The topological polar surface area (TPSA) is 38.3 Å². The molecule has 1 N–H and O–H groups in total. The predicted octanol–water partition coefficient (Wildman–Crippen LogP) is 3.87. The lowest BCUT2D eigenvalue weighted by Crippen LogP contribution is -2.06.